The van der Waals surface area contributed by atoms with Crippen LogP contribution >= 0.6 is 22.9 Å². The van der Waals surface area contributed by atoms with E-state index in [-0.39, 0.29) is 11.6 Å². The minimum Gasteiger partial charge on any atom is -0.493 e. The Morgan fingerprint density at radius 1 is 1.19 bits per heavy atom. The molecule has 0 bridgehead atoms. The summed E-state index contributed by atoms with van der Waals surface area (Å²) in [5.74, 6) is 2.07. The van der Waals surface area contributed by atoms with E-state index in [2.05, 4.69) is 39.5 Å². The molecule has 0 aliphatic carbocycles. The number of H-pyrrole nitrogens is 1. The van der Waals surface area contributed by atoms with Crippen molar-refractivity contribution in [2.45, 2.75) is 19.0 Å². The van der Waals surface area contributed by atoms with E-state index in [0.29, 0.717) is 34.0 Å². The summed E-state index contributed by atoms with van der Waals surface area (Å²) in [6.07, 6.45) is 0.862. The molecule has 1 unspecified atom stereocenters. The maximum atomic E-state index is 12.6. The highest BCUT2D eigenvalue weighted by Crippen LogP contribution is 2.42. The van der Waals surface area contributed by atoms with Crippen LogP contribution in [0.4, 0.5) is 0 Å². The van der Waals surface area contributed by atoms with Gasteiger partial charge in [0.2, 0.25) is 0 Å². The second kappa shape index (κ2) is 8.58. The third-order valence-corrected chi connectivity index (χ3v) is 7.02. The second-order valence-corrected chi connectivity index (χ2v) is 9.13. The number of halogens is 1. The highest BCUT2D eigenvalue weighted by molar-refractivity contribution is 7.10. The van der Waals surface area contributed by atoms with Crippen molar-refractivity contribution in [3.05, 3.63) is 85.0 Å². The van der Waals surface area contributed by atoms with Gasteiger partial charge in [0.15, 0.2) is 11.5 Å². The van der Waals surface area contributed by atoms with Crippen LogP contribution < -0.4 is 15.0 Å². The predicted octanol–water partition coefficient (Wildman–Crippen LogP) is 4.80. The molecule has 1 atom stereocenters. The van der Waals surface area contributed by atoms with Gasteiger partial charge in [-0.15, -0.1) is 11.3 Å². The molecular weight excluding hydrogens is 446 g/mol. The average Bonchev–Trinajstić information content (AvgIpc) is 3.32. The molecule has 8 heteroatoms. The van der Waals surface area contributed by atoms with Gasteiger partial charge in [-0.25, -0.2) is 4.98 Å². The van der Waals surface area contributed by atoms with Crippen molar-refractivity contribution in [3.8, 4) is 11.5 Å². The molecule has 4 aromatic rings. The van der Waals surface area contributed by atoms with Gasteiger partial charge in [0.1, 0.15) is 5.82 Å². The Morgan fingerprint density at radius 2 is 2.00 bits per heavy atom. The van der Waals surface area contributed by atoms with E-state index in [4.69, 9.17) is 26.1 Å². The molecule has 2 aromatic heterocycles. The van der Waals surface area contributed by atoms with E-state index < -0.39 is 0 Å². The maximum Gasteiger partial charge on any atom is 0.258 e. The van der Waals surface area contributed by atoms with Crippen molar-refractivity contribution in [2.24, 2.45) is 0 Å². The molecule has 1 aliphatic heterocycles. The number of nitrogens with one attached hydrogen (secondary N) is 1. The molecule has 2 aromatic carbocycles. The Hall–Kier alpha value is -2.87. The van der Waals surface area contributed by atoms with E-state index in [1.54, 1.807) is 43.8 Å². The van der Waals surface area contributed by atoms with Crippen molar-refractivity contribution in [3.63, 3.8) is 0 Å². The van der Waals surface area contributed by atoms with Gasteiger partial charge in [-0.3, -0.25) is 9.69 Å². The quantitative estimate of drug-likeness (QED) is 0.456. The fourth-order valence-corrected chi connectivity index (χ4v) is 5.42. The maximum absolute atomic E-state index is 12.6. The lowest BCUT2D eigenvalue weighted by atomic mass is 9.91. The number of aromatic amines is 1. The molecule has 0 saturated heterocycles. The molecule has 5 rings (SSSR count). The molecule has 6 nitrogen and oxygen atoms in total. The summed E-state index contributed by atoms with van der Waals surface area (Å²) < 4.78 is 11.1. The summed E-state index contributed by atoms with van der Waals surface area (Å²) in [7, 11) is 3.31. The van der Waals surface area contributed by atoms with Crippen LogP contribution in [-0.2, 0) is 13.0 Å². The summed E-state index contributed by atoms with van der Waals surface area (Å²) in [6.45, 7) is 1.33. The van der Waals surface area contributed by atoms with Crippen molar-refractivity contribution in [1.82, 2.24) is 14.9 Å². The lowest BCUT2D eigenvalue weighted by Gasteiger charge is -2.37. The first-order valence-corrected chi connectivity index (χ1v) is 11.5. The number of rotatable bonds is 5. The topological polar surface area (TPSA) is 67.5 Å². The standard InChI is InChI=1S/C24H22ClN3O3S/c1-30-19-10-14-7-8-28(23(21-4-3-9-32-21)17(14)12-20(19)31-2)13-22-26-18-11-15(25)5-6-16(18)24(29)27-22/h3-6,9-12,23H,7-8,13H2,1-2H3,(H,26,27,29). The molecule has 0 spiro atoms. The zero-order valence-electron chi connectivity index (χ0n) is 17.7. The first-order chi connectivity index (χ1) is 15.6. The van der Waals surface area contributed by atoms with Crippen LogP contribution in [0.1, 0.15) is 27.9 Å². The van der Waals surface area contributed by atoms with Crippen LogP contribution in [0.5, 0.6) is 11.5 Å². The highest BCUT2D eigenvalue weighted by atomic mass is 35.5. The summed E-state index contributed by atoms with van der Waals surface area (Å²) >= 11 is 7.85. The predicted molar refractivity (Wildman–Crippen MR) is 127 cm³/mol. The number of nitrogens with zero attached hydrogens (tertiary/aromatic N) is 2. The van der Waals surface area contributed by atoms with Crippen LogP contribution in [-0.4, -0.2) is 35.6 Å². The first kappa shape index (κ1) is 21.0. The minimum atomic E-state index is -0.154. The van der Waals surface area contributed by atoms with Crippen LogP contribution in [0.3, 0.4) is 0 Å². The number of methoxy groups -OCH3 is 2. The van der Waals surface area contributed by atoms with Crippen molar-refractivity contribution in [2.75, 3.05) is 20.8 Å². The molecule has 0 amide bonds. The number of ether oxygens (including phenoxy) is 2. The number of fused-ring (bicyclic) bond motifs is 2. The van der Waals surface area contributed by atoms with Gasteiger partial charge in [-0.2, -0.15) is 0 Å². The van der Waals surface area contributed by atoms with Crippen LogP contribution in [0.15, 0.2) is 52.6 Å². The van der Waals surface area contributed by atoms with Crippen molar-refractivity contribution < 1.29 is 9.47 Å². The van der Waals surface area contributed by atoms with E-state index in [1.165, 1.54) is 16.0 Å². The first-order valence-electron chi connectivity index (χ1n) is 10.3. The van der Waals surface area contributed by atoms with Crippen molar-refractivity contribution in [1.29, 1.82) is 0 Å². The fourth-order valence-electron chi connectivity index (χ4n) is 4.38. The lowest BCUT2D eigenvalue weighted by Crippen LogP contribution is -2.36. The van der Waals surface area contributed by atoms with Crippen LogP contribution in [0.2, 0.25) is 5.02 Å². The van der Waals surface area contributed by atoms with E-state index in [9.17, 15) is 4.79 Å². The van der Waals surface area contributed by atoms with Gasteiger partial charge < -0.3 is 14.5 Å². The minimum absolute atomic E-state index is 0.0268. The Kier molecular flexibility index (Phi) is 5.63. The molecule has 3 heterocycles. The molecule has 0 fully saturated rings. The molecule has 1 aliphatic rings. The normalized spacial score (nSPS) is 16.2. The Morgan fingerprint density at radius 3 is 2.75 bits per heavy atom. The zero-order chi connectivity index (χ0) is 22.2. The Balaban J connectivity index is 1.57. The highest BCUT2D eigenvalue weighted by Gasteiger charge is 2.31. The van der Waals surface area contributed by atoms with Gasteiger partial charge in [-0.1, -0.05) is 17.7 Å². The molecular formula is C24H22ClN3O3S. The van der Waals surface area contributed by atoms with Gasteiger partial charge >= 0.3 is 0 Å². The fraction of sp³-hybridized carbons (Fsp3) is 0.250. The van der Waals surface area contributed by atoms with E-state index >= 15 is 0 Å². The number of hydrogen-bond donors (Lipinski definition) is 1. The second-order valence-electron chi connectivity index (χ2n) is 7.72. The largest absolute Gasteiger partial charge is 0.493 e. The SMILES string of the molecule is COc1cc2c(cc1OC)C(c1cccs1)N(Cc1nc3cc(Cl)ccc3c(=O)[nH]1)CC2. The van der Waals surface area contributed by atoms with E-state index in [1.807, 2.05) is 0 Å². The summed E-state index contributed by atoms with van der Waals surface area (Å²) in [5, 5.41) is 3.18. The third-order valence-electron chi connectivity index (χ3n) is 5.86. The number of benzene rings is 2. The Bertz CT molecular complexity index is 1340. The molecule has 0 radical (unpaired) electrons. The third kappa shape index (κ3) is 3.77. The summed E-state index contributed by atoms with van der Waals surface area (Å²) in [6, 6.07) is 13.5. The smallest absolute Gasteiger partial charge is 0.258 e. The average molecular weight is 468 g/mol. The van der Waals surface area contributed by atoms with Gasteiger partial charge in [0, 0.05) is 16.4 Å². The van der Waals surface area contributed by atoms with Gasteiger partial charge in [0.25, 0.3) is 5.56 Å². The zero-order valence-corrected chi connectivity index (χ0v) is 19.3. The number of hydrogen-bond acceptors (Lipinski definition) is 6. The molecule has 32 heavy (non-hydrogen) atoms. The summed E-state index contributed by atoms with van der Waals surface area (Å²) in [4.78, 5) is 23.9. The lowest BCUT2D eigenvalue weighted by molar-refractivity contribution is 0.201. The van der Waals surface area contributed by atoms with Gasteiger partial charge in [0.05, 0.1) is 37.7 Å². The van der Waals surface area contributed by atoms with Crippen molar-refractivity contribution >= 4 is 33.8 Å². The molecule has 164 valence electrons. The van der Waals surface area contributed by atoms with Gasteiger partial charge in [-0.05, 0) is 59.3 Å². The van der Waals surface area contributed by atoms with E-state index in [0.717, 1.165) is 18.7 Å². The Labute approximate surface area is 194 Å². The van der Waals surface area contributed by atoms with Crippen LogP contribution in [0, 0.1) is 0 Å². The summed E-state index contributed by atoms with van der Waals surface area (Å²) in [5.41, 5.74) is 2.87. The molecule has 1 N–H and O–H groups in total. The number of aromatic nitrogens is 2. The molecule has 0 saturated carbocycles. The monoisotopic (exact) mass is 467 g/mol. The van der Waals surface area contributed by atoms with Crippen LogP contribution in [0.25, 0.3) is 10.9 Å². The number of thiophene rings is 1.